The van der Waals surface area contributed by atoms with Crippen LogP contribution in [0.2, 0.25) is 14.8 Å². The molecule has 0 radical (unpaired) electrons. The third-order valence-electron chi connectivity index (χ3n) is 0.707. The summed E-state index contributed by atoms with van der Waals surface area (Å²) in [5.74, 6) is 0. The first-order valence-corrected chi connectivity index (χ1v) is 12.8. The Bertz CT molecular complexity index is 46.5. The number of hydrogen-bond acceptors (Lipinski definition) is 1. The fraction of sp³-hybridized carbons (Fsp3) is 1.00. The topological polar surface area (TPSA) is 12.0 Å². The van der Waals surface area contributed by atoms with E-state index in [1.807, 2.05) is 0 Å². The molecule has 0 aromatic heterocycles. The molecule has 0 aliphatic heterocycles. The second kappa shape index (κ2) is 2.92. The van der Waals surface area contributed by atoms with E-state index in [9.17, 15) is 0 Å². The average molecular weight is 208 g/mol. The molecular weight excluding hydrogens is 193 g/mol. The molecule has 1 nitrogen and oxygen atoms in total. The molecule has 0 spiro atoms. The van der Waals surface area contributed by atoms with Gasteiger partial charge < -0.3 is 0 Å². The maximum atomic E-state index is 3.49. The van der Waals surface area contributed by atoms with Gasteiger partial charge in [-0.25, -0.2) is 0 Å². The summed E-state index contributed by atoms with van der Waals surface area (Å²) in [5.41, 5.74) is 0. The van der Waals surface area contributed by atoms with E-state index in [1.165, 1.54) is 0 Å². The van der Waals surface area contributed by atoms with Crippen molar-refractivity contribution in [2.45, 2.75) is 21.7 Å². The first-order chi connectivity index (χ1) is 3.06. The van der Waals surface area contributed by atoms with E-state index in [0.29, 0.717) is 0 Å². The van der Waals surface area contributed by atoms with E-state index >= 15 is 0 Å². The zero-order chi connectivity index (χ0) is 5.91. The Morgan fingerprint density at radius 1 is 1.29 bits per heavy atom. The molecule has 1 N–H and O–H groups in total. The van der Waals surface area contributed by atoms with Crippen LogP contribution in [-0.2, 0) is 0 Å². The molecule has 0 unspecified atom stereocenters. The van der Waals surface area contributed by atoms with Crippen LogP contribution in [0.4, 0.5) is 0 Å². The zero-order valence-corrected chi connectivity index (χ0v) is 8.56. The van der Waals surface area contributed by atoms with Crippen LogP contribution in [0.25, 0.3) is 0 Å². The standard InChI is InChI=1S/C2H6N.3CH3.Sn/c1-2-3;;;;/h3H,2H2,1H3;3*1H3;/q-1;;;;+1. The van der Waals surface area contributed by atoms with Gasteiger partial charge in [-0.3, -0.25) is 0 Å². The predicted octanol–water partition coefficient (Wildman–Crippen LogP) is 1.43. The Morgan fingerprint density at radius 3 is 1.71 bits per heavy atom. The fourth-order valence-electron chi connectivity index (χ4n) is 0.530. The molecule has 0 rings (SSSR count). The van der Waals surface area contributed by atoms with Gasteiger partial charge in [0.2, 0.25) is 0 Å². The van der Waals surface area contributed by atoms with Crippen LogP contribution in [0.1, 0.15) is 6.92 Å². The second-order valence-corrected chi connectivity index (χ2v) is 16.6. The van der Waals surface area contributed by atoms with Crippen LogP contribution < -0.4 is 3.54 Å². The maximum absolute atomic E-state index is 3.49. The van der Waals surface area contributed by atoms with Gasteiger partial charge in [-0.1, -0.05) is 0 Å². The average Bonchev–Trinajstić information content (AvgIpc) is 1.30. The van der Waals surface area contributed by atoms with Crippen molar-refractivity contribution in [3.05, 3.63) is 0 Å². The Hall–Kier alpha value is 0.759. The van der Waals surface area contributed by atoms with Crippen LogP contribution in [0.3, 0.4) is 0 Å². The van der Waals surface area contributed by atoms with E-state index in [2.05, 4.69) is 25.3 Å². The number of nitrogens with one attached hydrogen (secondary N) is 1. The normalized spacial score (nSPS) is 12.0. The summed E-state index contributed by atoms with van der Waals surface area (Å²) in [4.78, 5) is 7.12. The molecule has 0 aliphatic rings. The molecule has 2 heteroatoms. The van der Waals surface area contributed by atoms with Gasteiger partial charge in [0.05, 0.1) is 0 Å². The van der Waals surface area contributed by atoms with Gasteiger partial charge in [0.1, 0.15) is 0 Å². The van der Waals surface area contributed by atoms with Crippen molar-refractivity contribution in [2.24, 2.45) is 0 Å². The molecule has 0 fully saturated rings. The van der Waals surface area contributed by atoms with Crippen LogP contribution in [0.15, 0.2) is 0 Å². The minimum atomic E-state index is -1.53. The molecule has 0 aromatic carbocycles. The molecule has 0 bridgehead atoms. The fourth-order valence-corrected chi connectivity index (χ4v) is 3.56. The molecular formula is C5H15NSn. The van der Waals surface area contributed by atoms with Gasteiger partial charge in [-0.05, 0) is 0 Å². The Labute approximate surface area is 50.7 Å². The quantitative estimate of drug-likeness (QED) is 0.676. The Kier molecular flexibility index (Phi) is 3.24. The molecule has 0 amide bonds. The van der Waals surface area contributed by atoms with Gasteiger partial charge in [-0.15, -0.1) is 0 Å². The number of hydrogen-bond donors (Lipinski definition) is 1. The molecule has 7 heavy (non-hydrogen) atoms. The summed E-state index contributed by atoms with van der Waals surface area (Å²) in [7, 11) is 0. The van der Waals surface area contributed by atoms with E-state index in [4.69, 9.17) is 0 Å². The third-order valence-corrected chi connectivity index (χ3v) is 4.74. The molecule has 44 valence electrons. The summed E-state index contributed by atoms with van der Waals surface area (Å²) < 4.78 is 3.49. The van der Waals surface area contributed by atoms with E-state index in [-0.39, 0.29) is 0 Å². The molecule has 0 heterocycles. The molecule has 0 aromatic rings. The SMILES string of the molecule is CC[NH][Sn]([CH3])([CH3])[CH3]. The van der Waals surface area contributed by atoms with Crippen molar-refractivity contribution in [1.82, 2.24) is 3.54 Å². The summed E-state index contributed by atoms with van der Waals surface area (Å²) in [6.07, 6.45) is 0. The van der Waals surface area contributed by atoms with Crippen LogP contribution in [-0.4, -0.2) is 25.2 Å². The van der Waals surface area contributed by atoms with Crippen LogP contribution in [0, 0.1) is 0 Å². The van der Waals surface area contributed by atoms with Crippen molar-refractivity contribution in [3.8, 4) is 0 Å². The van der Waals surface area contributed by atoms with Crippen molar-refractivity contribution in [2.75, 3.05) is 6.54 Å². The van der Waals surface area contributed by atoms with Gasteiger partial charge in [-0.2, -0.15) is 0 Å². The molecule has 0 atom stereocenters. The van der Waals surface area contributed by atoms with Crippen molar-refractivity contribution in [1.29, 1.82) is 0 Å². The number of rotatable bonds is 2. The predicted molar refractivity (Wildman–Crippen MR) is 37.0 cm³/mol. The monoisotopic (exact) mass is 209 g/mol. The van der Waals surface area contributed by atoms with Gasteiger partial charge in [0.25, 0.3) is 0 Å². The third kappa shape index (κ3) is 6.76. The Morgan fingerprint density at radius 2 is 1.71 bits per heavy atom. The molecule has 0 saturated carbocycles. The van der Waals surface area contributed by atoms with Gasteiger partial charge >= 0.3 is 50.5 Å². The van der Waals surface area contributed by atoms with E-state index in [1.54, 1.807) is 0 Å². The summed E-state index contributed by atoms with van der Waals surface area (Å²) in [6, 6.07) is 0. The minimum absolute atomic E-state index is 1.15. The molecule has 0 aliphatic carbocycles. The first kappa shape index (κ1) is 7.76. The molecule has 0 saturated heterocycles. The summed E-state index contributed by atoms with van der Waals surface area (Å²) >= 11 is -1.53. The van der Waals surface area contributed by atoms with Gasteiger partial charge in [0, 0.05) is 0 Å². The summed E-state index contributed by atoms with van der Waals surface area (Å²) in [6.45, 7) is 3.32. The van der Waals surface area contributed by atoms with Crippen LogP contribution >= 0.6 is 0 Å². The van der Waals surface area contributed by atoms with Crippen molar-refractivity contribution in [3.63, 3.8) is 0 Å². The van der Waals surface area contributed by atoms with Gasteiger partial charge in [0.15, 0.2) is 0 Å². The van der Waals surface area contributed by atoms with Crippen LogP contribution in [0.5, 0.6) is 0 Å². The van der Waals surface area contributed by atoms with Crippen molar-refractivity contribution < 1.29 is 0 Å². The summed E-state index contributed by atoms with van der Waals surface area (Å²) in [5, 5.41) is 0. The zero-order valence-electron chi connectivity index (χ0n) is 5.71. The Balaban J connectivity index is 3.15. The first-order valence-electron chi connectivity index (χ1n) is 2.81. The second-order valence-electron chi connectivity index (χ2n) is 2.78. The van der Waals surface area contributed by atoms with E-state index in [0.717, 1.165) is 6.54 Å². The van der Waals surface area contributed by atoms with Crippen molar-refractivity contribution >= 4 is 18.7 Å². The van der Waals surface area contributed by atoms with E-state index < -0.39 is 18.7 Å².